The minimum absolute atomic E-state index is 0.385. The normalized spacial score (nSPS) is 12.6. The fourth-order valence-corrected chi connectivity index (χ4v) is 3.08. The van der Waals surface area contributed by atoms with Gasteiger partial charge in [-0.3, -0.25) is 0 Å². The molecule has 1 heterocycles. The summed E-state index contributed by atoms with van der Waals surface area (Å²) in [6.07, 6.45) is 0. The Morgan fingerprint density at radius 1 is 1.19 bits per heavy atom. The van der Waals surface area contributed by atoms with Crippen molar-refractivity contribution in [1.29, 1.82) is 0 Å². The Kier molecular flexibility index (Phi) is 5.83. The Hall–Kier alpha value is -1.32. The summed E-state index contributed by atoms with van der Waals surface area (Å²) in [5.41, 5.74) is 2.53. The average Bonchev–Trinajstić information content (AvgIpc) is 2.97. The van der Waals surface area contributed by atoms with Crippen molar-refractivity contribution in [1.82, 2.24) is 5.32 Å². The second kappa shape index (κ2) is 7.62. The first-order valence-corrected chi connectivity index (χ1v) is 8.46. The lowest BCUT2D eigenvalue weighted by Gasteiger charge is -2.16. The summed E-state index contributed by atoms with van der Waals surface area (Å²) in [7, 11) is 0. The lowest BCUT2D eigenvalue weighted by Crippen LogP contribution is -2.24. The number of hydrogen-bond acceptors (Lipinski definition) is 3. The Bertz CT molecular complexity index is 548. The van der Waals surface area contributed by atoms with Gasteiger partial charge in [-0.05, 0) is 48.4 Å². The van der Waals surface area contributed by atoms with Crippen molar-refractivity contribution in [3.63, 3.8) is 0 Å². The monoisotopic (exact) mass is 303 g/mol. The summed E-state index contributed by atoms with van der Waals surface area (Å²) in [5, 5.41) is 5.62. The third-order valence-electron chi connectivity index (χ3n) is 3.57. The summed E-state index contributed by atoms with van der Waals surface area (Å²) in [6, 6.07) is 11.1. The molecule has 0 spiro atoms. The average molecular weight is 303 g/mol. The van der Waals surface area contributed by atoms with E-state index in [4.69, 9.17) is 4.74 Å². The summed E-state index contributed by atoms with van der Waals surface area (Å²) >= 11 is 1.79. The number of aryl methyl sites for hydroxylation is 1. The van der Waals surface area contributed by atoms with E-state index < -0.39 is 0 Å². The first kappa shape index (κ1) is 16.1. The maximum absolute atomic E-state index is 5.99. The van der Waals surface area contributed by atoms with Gasteiger partial charge in [-0.2, -0.15) is 0 Å². The molecule has 0 fully saturated rings. The van der Waals surface area contributed by atoms with E-state index in [1.54, 1.807) is 11.3 Å². The molecule has 3 heteroatoms. The van der Waals surface area contributed by atoms with Crippen LogP contribution in [0.15, 0.2) is 35.7 Å². The SMILES string of the molecule is Cc1ccc(C(C)C)c(OCCNC(C)c2cccs2)c1. The molecular formula is C18H25NOS. The lowest BCUT2D eigenvalue weighted by atomic mass is 10.0. The largest absolute Gasteiger partial charge is 0.492 e. The molecule has 2 nitrogen and oxygen atoms in total. The Balaban J connectivity index is 1.85. The summed E-state index contributed by atoms with van der Waals surface area (Å²) in [5.74, 6) is 1.51. The van der Waals surface area contributed by atoms with Crippen LogP contribution in [0.1, 0.15) is 48.7 Å². The maximum atomic E-state index is 5.99. The molecule has 0 saturated carbocycles. The van der Waals surface area contributed by atoms with E-state index in [1.807, 2.05) is 0 Å². The smallest absolute Gasteiger partial charge is 0.123 e. The topological polar surface area (TPSA) is 21.3 Å². The molecule has 0 aliphatic rings. The molecule has 0 aliphatic heterocycles. The molecule has 114 valence electrons. The molecule has 1 atom stereocenters. The fraction of sp³-hybridized carbons (Fsp3) is 0.444. The van der Waals surface area contributed by atoms with E-state index in [1.165, 1.54) is 16.0 Å². The molecule has 0 amide bonds. The van der Waals surface area contributed by atoms with E-state index in [-0.39, 0.29) is 0 Å². The molecule has 1 aromatic carbocycles. The first-order valence-electron chi connectivity index (χ1n) is 7.58. The molecular weight excluding hydrogens is 278 g/mol. The highest BCUT2D eigenvalue weighted by molar-refractivity contribution is 7.10. The van der Waals surface area contributed by atoms with Crippen molar-refractivity contribution in [3.05, 3.63) is 51.7 Å². The van der Waals surface area contributed by atoms with Crippen LogP contribution in [-0.2, 0) is 0 Å². The first-order chi connectivity index (χ1) is 10.1. The zero-order valence-corrected chi connectivity index (χ0v) is 14.2. The lowest BCUT2D eigenvalue weighted by molar-refractivity contribution is 0.304. The van der Waals surface area contributed by atoms with Crippen LogP contribution >= 0.6 is 11.3 Å². The van der Waals surface area contributed by atoms with Crippen LogP contribution in [0, 0.1) is 6.92 Å². The standard InChI is InChI=1S/C18H25NOS/c1-13(2)16-8-7-14(3)12-17(16)20-10-9-19-15(4)18-6-5-11-21-18/h5-8,11-13,15,19H,9-10H2,1-4H3. The minimum Gasteiger partial charge on any atom is -0.492 e. The Morgan fingerprint density at radius 3 is 2.67 bits per heavy atom. The molecule has 1 N–H and O–H groups in total. The van der Waals surface area contributed by atoms with Crippen molar-refractivity contribution in [2.24, 2.45) is 0 Å². The van der Waals surface area contributed by atoms with Crippen LogP contribution in [0.3, 0.4) is 0 Å². The summed E-state index contributed by atoms with van der Waals surface area (Å²) < 4.78 is 5.99. The van der Waals surface area contributed by atoms with Gasteiger partial charge >= 0.3 is 0 Å². The van der Waals surface area contributed by atoms with Gasteiger partial charge in [-0.25, -0.2) is 0 Å². The van der Waals surface area contributed by atoms with E-state index >= 15 is 0 Å². The third-order valence-corrected chi connectivity index (χ3v) is 4.63. The Morgan fingerprint density at radius 2 is 2.00 bits per heavy atom. The van der Waals surface area contributed by atoms with Crippen LogP contribution in [0.5, 0.6) is 5.75 Å². The van der Waals surface area contributed by atoms with Gasteiger partial charge in [0.25, 0.3) is 0 Å². The molecule has 0 saturated heterocycles. The number of nitrogens with one attached hydrogen (secondary N) is 1. The predicted octanol–water partition coefficient (Wildman–Crippen LogP) is 4.91. The van der Waals surface area contributed by atoms with E-state index in [2.05, 4.69) is 68.7 Å². The van der Waals surface area contributed by atoms with Crippen molar-refractivity contribution < 1.29 is 4.74 Å². The number of benzene rings is 1. The van der Waals surface area contributed by atoms with Crippen molar-refractivity contribution >= 4 is 11.3 Å². The molecule has 0 bridgehead atoms. The highest BCUT2D eigenvalue weighted by Crippen LogP contribution is 2.27. The zero-order valence-electron chi connectivity index (χ0n) is 13.3. The predicted molar refractivity (Wildman–Crippen MR) is 91.5 cm³/mol. The van der Waals surface area contributed by atoms with Crippen LogP contribution in [0.4, 0.5) is 0 Å². The van der Waals surface area contributed by atoms with Crippen LogP contribution in [0.25, 0.3) is 0 Å². The van der Waals surface area contributed by atoms with Crippen LogP contribution in [0.2, 0.25) is 0 Å². The van der Waals surface area contributed by atoms with Gasteiger partial charge in [0.15, 0.2) is 0 Å². The van der Waals surface area contributed by atoms with E-state index in [0.717, 1.165) is 12.3 Å². The number of rotatable bonds is 7. The summed E-state index contributed by atoms with van der Waals surface area (Å²) in [4.78, 5) is 1.37. The van der Waals surface area contributed by atoms with Gasteiger partial charge in [0.05, 0.1) is 0 Å². The van der Waals surface area contributed by atoms with Gasteiger partial charge < -0.3 is 10.1 Å². The molecule has 0 aliphatic carbocycles. The molecule has 2 rings (SSSR count). The van der Waals surface area contributed by atoms with Crippen molar-refractivity contribution in [2.45, 2.75) is 39.7 Å². The highest BCUT2D eigenvalue weighted by Gasteiger charge is 2.09. The number of thiophene rings is 1. The van der Waals surface area contributed by atoms with Crippen molar-refractivity contribution in [3.8, 4) is 5.75 Å². The van der Waals surface area contributed by atoms with Gasteiger partial charge in [0.1, 0.15) is 12.4 Å². The second-order valence-corrected chi connectivity index (χ2v) is 6.71. The van der Waals surface area contributed by atoms with Gasteiger partial charge in [0.2, 0.25) is 0 Å². The fourth-order valence-electron chi connectivity index (χ4n) is 2.32. The quantitative estimate of drug-likeness (QED) is 0.734. The number of ether oxygens (including phenoxy) is 1. The zero-order chi connectivity index (χ0) is 15.2. The summed E-state index contributed by atoms with van der Waals surface area (Å²) in [6.45, 7) is 10.2. The van der Waals surface area contributed by atoms with E-state index in [0.29, 0.717) is 18.6 Å². The Labute approximate surface area is 132 Å². The molecule has 1 aromatic heterocycles. The van der Waals surface area contributed by atoms with Crippen LogP contribution < -0.4 is 10.1 Å². The van der Waals surface area contributed by atoms with Crippen molar-refractivity contribution in [2.75, 3.05) is 13.2 Å². The highest BCUT2D eigenvalue weighted by atomic mass is 32.1. The van der Waals surface area contributed by atoms with E-state index in [9.17, 15) is 0 Å². The number of hydrogen-bond donors (Lipinski definition) is 1. The third kappa shape index (κ3) is 4.58. The van der Waals surface area contributed by atoms with Gasteiger partial charge in [0, 0.05) is 17.5 Å². The molecule has 21 heavy (non-hydrogen) atoms. The minimum atomic E-state index is 0.385. The van der Waals surface area contributed by atoms with Gasteiger partial charge in [-0.15, -0.1) is 11.3 Å². The van der Waals surface area contributed by atoms with Crippen LogP contribution in [-0.4, -0.2) is 13.2 Å². The molecule has 0 radical (unpaired) electrons. The second-order valence-electron chi connectivity index (χ2n) is 5.74. The maximum Gasteiger partial charge on any atom is 0.123 e. The molecule has 1 unspecified atom stereocenters. The molecule has 2 aromatic rings. The van der Waals surface area contributed by atoms with Gasteiger partial charge in [-0.1, -0.05) is 32.0 Å².